The molecule has 0 spiro atoms. The fraction of sp³-hybridized carbons (Fsp3) is 0.200. The van der Waals surface area contributed by atoms with E-state index in [-0.39, 0.29) is 0 Å². The zero-order chi connectivity index (χ0) is 9.23. The molecular formula is C10H16N2. The monoisotopic (exact) mass is 164 g/mol. The lowest BCUT2D eigenvalue weighted by Crippen LogP contribution is -1.88. The molecule has 1 aromatic rings. The molecule has 0 radical (unpaired) electrons. The number of benzene rings is 1. The lowest BCUT2D eigenvalue weighted by Gasteiger charge is -1.96. The lowest BCUT2D eigenvalue weighted by molar-refractivity contribution is 1.50. The average Bonchev–Trinajstić information content (AvgIpc) is 2.19. The molecule has 0 saturated heterocycles. The van der Waals surface area contributed by atoms with Crippen molar-refractivity contribution in [1.29, 1.82) is 0 Å². The van der Waals surface area contributed by atoms with Gasteiger partial charge in [0, 0.05) is 18.1 Å². The van der Waals surface area contributed by atoms with Crippen LogP contribution >= 0.6 is 0 Å². The molecule has 0 amide bonds. The van der Waals surface area contributed by atoms with Gasteiger partial charge in [-0.2, -0.15) is 0 Å². The van der Waals surface area contributed by atoms with Gasteiger partial charge in [-0.1, -0.05) is 32.0 Å². The standard InChI is InChI=1S/C8H10N2.C2H6/c9-6-7-10-8-4-2-1-3-5-8;1-2/h1-7,10H,9H2;1-2H3/b7-6-;. The Balaban J connectivity index is 0.000000561. The highest BCUT2D eigenvalue weighted by Gasteiger charge is 1.80. The maximum atomic E-state index is 5.13. The van der Waals surface area contributed by atoms with E-state index in [1.54, 1.807) is 6.20 Å². The van der Waals surface area contributed by atoms with Crippen LogP contribution in [0, 0.1) is 0 Å². The fourth-order valence-corrected chi connectivity index (χ4v) is 0.679. The first-order chi connectivity index (χ1) is 5.93. The highest BCUT2D eigenvalue weighted by molar-refractivity contribution is 5.44. The van der Waals surface area contributed by atoms with Gasteiger partial charge in [-0.25, -0.2) is 0 Å². The van der Waals surface area contributed by atoms with Crippen LogP contribution < -0.4 is 11.1 Å². The second-order valence-corrected chi connectivity index (χ2v) is 1.87. The van der Waals surface area contributed by atoms with Crippen LogP contribution in [-0.4, -0.2) is 0 Å². The summed E-state index contributed by atoms with van der Waals surface area (Å²) in [7, 11) is 0. The predicted octanol–water partition coefficient (Wildman–Crippen LogP) is 2.55. The van der Waals surface area contributed by atoms with Crippen LogP contribution in [0.25, 0.3) is 0 Å². The van der Waals surface area contributed by atoms with E-state index in [1.165, 1.54) is 6.20 Å². The first kappa shape index (κ1) is 10.6. The van der Waals surface area contributed by atoms with E-state index < -0.39 is 0 Å². The topological polar surface area (TPSA) is 38.0 Å². The summed E-state index contributed by atoms with van der Waals surface area (Å²) in [6.45, 7) is 4.00. The molecule has 0 aliphatic heterocycles. The minimum atomic E-state index is 1.05. The van der Waals surface area contributed by atoms with Crippen molar-refractivity contribution in [2.24, 2.45) is 5.73 Å². The van der Waals surface area contributed by atoms with E-state index in [2.05, 4.69) is 5.32 Å². The van der Waals surface area contributed by atoms with Crippen LogP contribution in [0.15, 0.2) is 42.7 Å². The molecule has 1 aromatic carbocycles. The van der Waals surface area contributed by atoms with E-state index in [1.807, 2.05) is 44.2 Å². The Morgan fingerprint density at radius 3 is 2.25 bits per heavy atom. The van der Waals surface area contributed by atoms with Crippen LogP contribution in [0.5, 0.6) is 0 Å². The maximum absolute atomic E-state index is 5.13. The summed E-state index contributed by atoms with van der Waals surface area (Å²) in [6, 6.07) is 9.84. The third kappa shape index (κ3) is 4.39. The Hall–Kier alpha value is -1.44. The van der Waals surface area contributed by atoms with Crippen molar-refractivity contribution in [1.82, 2.24) is 0 Å². The Morgan fingerprint density at radius 2 is 1.75 bits per heavy atom. The van der Waals surface area contributed by atoms with Gasteiger partial charge in [0.05, 0.1) is 0 Å². The lowest BCUT2D eigenvalue weighted by atomic mass is 10.3. The molecule has 0 fully saturated rings. The highest BCUT2D eigenvalue weighted by atomic mass is 14.8. The Bertz CT molecular complexity index is 204. The Kier molecular flexibility index (Phi) is 6.74. The van der Waals surface area contributed by atoms with Crippen LogP contribution in [0.2, 0.25) is 0 Å². The van der Waals surface area contributed by atoms with Crippen molar-refractivity contribution in [3.8, 4) is 0 Å². The number of nitrogens with one attached hydrogen (secondary N) is 1. The van der Waals surface area contributed by atoms with Crippen molar-refractivity contribution in [3.63, 3.8) is 0 Å². The summed E-state index contributed by atoms with van der Waals surface area (Å²) >= 11 is 0. The molecule has 0 aromatic heterocycles. The first-order valence-corrected chi connectivity index (χ1v) is 4.12. The van der Waals surface area contributed by atoms with Crippen molar-refractivity contribution in [3.05, 3.63) is 42.7 Å². The van der Waals surface area contributed by atoms with E-state index in [0.717, 1.165) is 5.69 Å². The van der Waals surface area contributed by atoms with Gasteiger partial charge in [0.15, 0.2) is 0 Å². The SMILES string of the molecule is CC.N/C=C\Nc1ccccc1. The summed E-state index contributed by atoms with van der Waals surface area (Å²) in [5.74, 6) is 0. The molecule has 2 nitrogen and oxygen atoms in total. The van der Waals surface area contributed by atoms with Gasteiger partial charge in [0.25, 0.3) is 0 Å². The van der Waals surface area contributed by atoms with Gasteiger partial charge in [-0.15, -0.1) is 0 Å². The van der Waals surface area contributed by atoms with Crippen LogP contribution in [-0.2, 0) is 0 Å². The van der Waals surface area contributed by atoms with Gasteiger partial charge in [0.1, 0.15) is 0 Å². The highest BCUT2D eigenvalue weighted by Crippen LogP contribution is 2.03. The van der Waals surface area contributed by atoms with Crippen LogP contribution in [0.3, 0.4) is 0 Å². The molecule has 0 heterocycles. The predicted molar refractivity (Wildman–Crippen MR) is 54.7 cm³/mol. The van der Waals surface area contributed by atoms with Crippen LogP contribution in [0.1, 0.15) is 13.8 Å². The molecule has 0 unspecified atom stereocenters. The fourth-order valence-electron chi connectivity index (χ4n) is 0.679. The molecule has 0 bridgehead atoms. The Morgan fingerprint density at radius 1 is 1.17 bits per heavy atom. The molecule has 0 saturated carbocycles. The number of para-hydroxylation sites is 1. The number of hydrogen-bond donors (Lipinski definition) is 2. The molecule has 12 heavy (non-hydrogen) atoms. The van der Waals surface area contributed by atoms with Gasteiger partial charge < -0.3 is 11.1 Å². The average molecular weight is 164 g/mol. The summed E-state index contributed by atoms with van der Waals surface area (Å²) in [4.78, 5) is 0. The van der Waals surface area contributed by atoms with E-state index in [9.17, 15) is 0 Å². The summed E-state index contributed by atoms with van der Waals surface area (Å²) < 4.78 is 0. The molecule has 0 atom stereocenters. The zero-order valence-electron chi connectivity index (χ0n) is 7.62. The van der Waals surface area contributed by atoms with Crippen molar-refractivity contribution >= 4 is 5.69 Å². The van der Waals surface area contributed by atoms with Crippen LogP contribution in [0.4, 0.5) is 5.69 Å². The molecule has 0 aliphatic rings. The second kappa shape index (κ2) is 7.66. The zero-order valence-corrected chi connectivity index (χ0v) is 7.62. The van der Waals surface area contributed by atoms with Gasteiger partial charge >= 0.3 is 0 Å². The molecule has 3 N–H and O–H groups in total. The van der Waals surface area contributed by atoms with Crippen molar-refractivity contribution in [2.45, 2.75) is 13.8 Å². The summed E-state index contributed by atoms with van der Waals surface area (Å²) in [5, 5.41) is 2.99. The normalized spacial score (nSPS) is 8.83. The Labute approximate surface area is 74.1 Å². The molecular weight excluding hydrogens is 148 g/mol. The first-order valence-electron chi connectivity index (χ1n) is 4.12. The number of nitrogens with two attached hydrogens (primary N) is 1. The summed E-state index contributed by atoms with van der Waals surface area (Å²) in [5.41, 5.74) is 6.18. The molecule has 1 rings (SSSR count). The smallest absolute Gasteiger partial charge is 0.0380 e. The minimum Gasteiger partial charge on any atom is -0.403 e. The van der Waals surface area contributed by atoms with Gasteiger partial charge in [0.2, 0.25) is 0 Å². The van der Waals surface area contributed by atoms with Crippen molar-refractivity contribution < 1.29 is 0 Å². The van der Waals surface area contributed by atoms with Gasteiger partial charge in [-0.3, -0.25) is 0 Å². The third-order valence-electron chi connectivity index (χ3n) is 1.12. The molecule has 2 heteroatoms. The molecule has 66 valence electrons. The van der Waals surface area contributed by atoms with E-state index >= 15 is 0 Å². The molecule has 0 aliphatic carbocycles. The minimum absolute atomic E-state index is 1.05. The number of anilines is 1. The third-order valence-corrected chi connectivity index (χ3v) is 1.12. The number of hydrogen-bond acceptors (Lipinski definition) is 2. The van der Waals surface area contributed by atoms with Gasteiger partial charge in [-0.05, 0) is 12.1 Å². The quantitative estimate of drug-likeness (QED) is 0.705. The van der Waals surface area contributed by atoms with E-state index in [4.69, 9.17) is 5.73 Å². The van der Waals surface area contributed by atoms with Crippen molar-refractivity contribution in [2.75, 3.05) is 5.32 Å². The number of rotatable bonds is 2. The second-order valence-electron chi connectivity index (χ2n) is 1.87. The maximum Gasteiger partial charge on any atom is 0.0380 e. The van der Waals surface area contributed by atoms with E-state index in [0.29, 0.717) is 0 Å². The summed E-state index contributed by atoms with van der Waals surface area (Å²) in [6.07, 6.45) is 3.16. The largest absolute Gasteiger partial charge is 0.403 e.